The molecule has 0 radical (unpaired) electrons. The molecule has 9 aromatic rings. The van der Waals surface area contributed by atoms with E-state index in [-0.39, 0.29) is 0 Å². The molecule has 0 N–H and O–H groups in total. The summed E-state index contributed by atoms with van der Waals surface area (Å²) in [6, 6.07) is 49.4. The van der Waals surface area contributed by atoms with Gasteiger partial charge >= 0.3 is 0 Å². The Morgan fingerprint density at radius 2 is 0.706 bits per heavy atom. The van der Waals surface area contributed by atoms with Crippen molar-refractivity contribution in [2.24, 2.45) is 0 Å². The summed E-state index contributed by atoms with van der Waals surface area (Å²) >= 11 is 0. The number of rotatable bonds is 7. The lowest BCUT2D eigenvalue weighted by atomic mass is 9.99. The van der Waals surface area contributed by atoms with Crippen LogP contribution in [0.3, 0.4) is 0 Å². The molecule has 0 unspecified atom stereocenters. The summed E-state index contributed by atoms with van der Waals surface area (Å²) in [6.07, 6.45) is 10.6. The smallest absolute Gasteiger partial charge is 0.0919 e. The van der Waals surface area contributed by atoms with Crippen molar-refractivity contribution in [3.05, 3.63) is 177 Å². The fourth-order valence-corrected chi connectivity index (χ4v) is 6.47. The minimum absolute atomic E-state index is 0.833. The molecule has 7 heteroatoms. The largest absolute Gasteiger partial charge is 0.310 e. The summed E-state index contributed by atoms with van der Waals surface area (Å²) in [6.45, 7) is 0. The summed E-state index contributed by atoms with van der Waals surface area (Å²) in [5.74, 6) is 0. The number of benzene rings is 5. The highest BCUT2D eigenvalue weighted by Gasteiger charge is 2.15. The van der Waals surface area contributed by atoms with Crippen LogP contribution in [0.25, 0.3) is 66.3 Å². The minimum atomic E-state index is 0.833. The van der Waals surface area contributed by atoms with Crippen molar-refractivity contribution in [2.75, 3.05) is 4.90 Å². The molecule has 0 amide bonds. The molecule has 7 nitrogen and oxygen atoms in total. The monoisotopic (exact) mass is 655 g/mol. The normalized spacial score (nSPS) is 11.1. The van der Waals surface area contributed by atoms with Gasteiger partial charge in [-0.25, -0.2) is 0 Å². The van der Waals surface area contributed by atoms with Gasteiger partial charge in [0.25, 0.3) is 0 Å². The van der Waals surface area contributed by atoms with Gasteiger partial charge in [-0.3, -0.25) is 9.97 Å². The van der Waals surface area contributed by atoms with Crippen LogP contribution in [0.15, 0.2) is 177 Å². The van der Waals surface area contributed by atoms with Crippen molar-refractivity contribution in [3.63, 3.8) is 0 Å². The third-order valence-corrected chi connectivity index (χ3v) is 9.11. The molecular formula is C44H29N7. The summed E-state index contributed by atoms with van der Waals surface area (Å²) < 4.78 is 0. The highest BCUT2D eigenvalue weighted by molar-refractivity contribution is 5.86. The van der Waals surface area contributed by atoms with Crippen molar-refractivity contribution in [1.29, 1.82) is 0 Å². The fraction of sp³-hybridized carbons (Fsp3) is 0. The van der Waals surface area contributed by atoms with Gasteiger partial charge in [-0.15, -0.1) is 0 Å². The first-order valence-electron chi connectivity index (χ1n) is 16.7. The third kappa shape index (κ3) is 6.04. The lowest BCUT2D eigenvalue weighted by Gasteiger charge is -2.26. The zero-order valence-corrected chi connectivity index (χ0v) is 27.4. The van der Waals surface area contributed by atoms with Gasteiger partial charge in [0.15, 0.2) is 0 Å². The zero-order chi connectivity index (χ0) is 34.0. The van der Waals surface area contributed by atoms with E-state index >= 15 is 0 Å². The van der Waals surface area contributed by atoms with Crippen LogP contribution in [0.4, 0.5) is 17.1 Å². The van der Waals surface area contributed by atoms with Crippen LogP contribution in [0.5, 0.6) is 0 Å². The lowest BCUT2D eigenvalue weighted by Crippen LogP contribution is -2.10. The van der Waals surface area contributed by atoms with Gasteiger partial charge in [-0.2, -0.15) is 20.4 Å². The second kappa shape index (κ2) is 13.1. The lowest BCUT2D eigenvalue weighted by molar-refractivity contribution is 1.04. The fourth-order valence-electron chi connectivity index (χ4n) is 6.47. The van der Waals surface area contributed by atoms with E-state index in [0.717, 1.165) is 83.4 Å². The van der Waals surface area contributed by atoms with Gasteiger partial charge in [0.05, 0.1) is 35.8 Å². The number of aromatic nitrogens is 6. The van der Waals surface area contributed by atoms with E-state index < -0.39 is 0 Å². The van der Waals surface area contributed by atoms with Gasteiger partial charge in [0, 0.05) is 51.4 Å². The Kier molecular flexibility index (Phi) is 7.68. The molecule has 0 saturated heterocycles. The van der Waals surface area contributed by atoms with Crippen LogP contribution < -0.4 is 4.90 Å². The summed E-state index contributed by atoms with van der Waals surface area (Å²) in [5.41, 5.74) is 13.7. The standard InChI is InChI=1S/C44H29N7/c1-2-8-40(9-3-1)51(41-10-4-6-34(22-41)30-12-16-32(17-13-30)36-20-38-26-47-49-28-43(38)45-24-36)42-11-5-7-35(23-42)31-14-18-33(19-15-31)37-21-39-27-48-50-29-44(39)46-25-37/h1-29H. The van der Waals surface area contributed by atoms with Crippen LogP contribution in [-0.2, 0) is 0 Å². The minimum Gasteiger partial charge on any atom is -0.310 e. The van der Waals surface area contributed by atoms with E-state index in [1.165, 1.54) is 0 Å². The summed E-state index contributed by atoms with van der Waals surface area (Å²) in [5, 5.41) is 17.8. The topological polar surface area (TPSA) is 80.6 Å². The molecule has 0 aliphatic heterocycles. The van der Waals surface area contributed by atoms with E-state index in [9.17, 15) is 0 Å². The first-order valence-corrected chi connectivity index (χ1v) is 16.7. The maximum Gasteiger partial charge on any atom is 0.0919 e. The van der Waals surface area contributed by atoms with E-state index in [2.05, 4.69) is 175 Å². The van der Waals surface area contributed by atoms with Gasteiger partial charge in [0.1, 0.15) is 0 Å². The molecule has 9 rings (SSSR count). The van der Waals surface area contributed by atoms with Crippen LogP contribution in [0.1, 0.15) is 0 Å². The van der Waals surface area contributed by atoms with Crippen LogP contribution in [0, 0.1) is 0 Å². The highest BCUT2D eigenvalue weighted by Crippen LogP contribution is 2.38. The van der Waals surface area contributed by atoms with E-state index in [4.69, 9.17) is 0 Å². The van der Waals surface area contributed by atoms with E-state index in [0.29, 0.717) is 0 Å². The predicted molar refractivity (Wildman–Crippen MR) is 205 cm³/mol. The third-order valence-electron chi connectivity index (χ3n) is 9.11. The summed E-state index contributed by atoms with van der Waals surface area (Å²) in [4.78, 5) is 11.4. The first kappa shape index (κ1) is 30.0. The number of hydrogen-bond donors (Lipinski definition) is 0. The SMILES string of the molecule is c1ccc(N(c2cccc(-c3ccc(-c4cnc5cnncc5c4)cc3)c2)c2cccc(-c3ccc(-c4cnc5cnncc5c4)cc3)c2)cc1. The molecule has 51 heavy (non-hydrogen) atoms. The van der Waals surface area contributed by atoms with Gasteiger partial charge < -0.3 is 4.90 Å². The summed E-state index contributed by atoms with van der Waals surface area (Å²) in [7, 11) is 0. The van der Waals surface area contributed by atoms with Crippen molar-refractivity contribution in [2.45, 2.75) is 0 Å². The molecule has 240 valence electrons. The Morgan fingerprint density at radius 1 is 0.294 bits per heavy atom. The number of hydrogen-bond acceptors (Lipinski definition) is 7. The Morgan fingerprint density at radius 3 is 1.18 bits per heavy atom. The molecule has 0 saturated carbocycles. The average Bonchev–Trinajstić information content (AvgIpc) is 3.21. The van der Waals surface area contributed by atoms with Crippen molar-refractivity contribution in [3.8, 4) is 44.5 Å². The maximum atomic E-state index is 4.56. The molecular weight excluding hydrogens is 627 g/mol. The maximum absolute atomic E-state index is 4.56. The Labute approximate surface area is 294 Å². The molecule has 0 atom stereocenters. The molecule has 0 spiro atoms. The van der Waals surface area contributed by atoms with Crippen molar-refractivity contribution >= 4 is 38.9 Å². The average molecular weight is 656 g/mol. The Balaban J connectivity index is 1.03. The second-order valence-electron chi connectivity index (χ2n) is 12.3. The second-order valence-corrected chi connectivity index (χ2v) is 12.3. The van der Waals surface area contributed by atoms with Crippen LogP contribution >= 0.6 is 0 Å². The number of fused-ring (bicyclic) bond motifs is 2. The van der Waals surface area contributed by atoms with Crippen LogP contribution in [-0.4, -0.2) is 30.4 Å². The van der Waals surface area contributed by atoms with Gasteiger partial charge in [0.2, 0.25) is 0 Å². The van der Waals surface area contributed by atoms with Crippen molar-refractivity contribution in [1.82, 2.24) is 30.4 Å². The van der Waals surface area contributed by atoms with Crippen LogP contribution in [0.2, 0.25) is 0 Å². The molecule has 0 aliphatic rings. The number of pyridine rings is 2. The number of nitrogens with zero attached hydrogens (tertiary/aromatic N) is 7. The molecule has 5 aromatic carbocycles. The van der Waals surface area contributed by atoms with Gasteiger partial charge in [-0.1, -0.05) is 91.0 Å². The Bertz CT molecular complexity index is 2470. The predicted octanol–water partition coefficient (Wildman–Crippen LogP) is 10.5. The molecule has 0 bridgehead atoms. The molecule has 0 aliphatic carbocycles. The van der Waals surface area contributed by atoms with Gasteiger partial charge in [-0.05, 0) is 81.9 Å². The zero-order valence-electron chi connectivity index (χ0n) is 27.4. The quantitative estimate of drug-likeness (QED) is 0.169. The number of para-hydroxylation sites is 1. The van der Waals surface area contributed by atoms with E-state index in [1.54, 1.807) is 24.8 Å². The first-order chi connectivity index (χ1) is 25.2. The van der Waals surface area contributed by atoms with Crippen molar-refractivity contribution < 1.29 is 0 Å². The van der Waals surface area contributed by atoms with E-state index in [1.807, 2.05) is 12.4 Å². The molecule has 0 fully saturated rings. The number of anilines is 3. The molecule has 4 heterocycles. The molecule has 4 aromatic heterocycles. The Hall–Kier alpha value is -7.12. The highest BCUT2D eigenvalue weighted by atomic mass is 15.1.